The van der Waals surface area contributed by atoms with Crippen LogP contribution in [0.15, 0.2) is 34.0 Å². The van der Waals surface area contributed by atoms with Gasteiger partial charge in [-0.25, -0.2) is 4.98 Å². The number of carbonyl (C=O) groups is 1. The predicted octanol–water partition coefficient (Wildman–Crippen LogP) is 4.12. The van der Waals surface area contributed by atoms with Crippen LogP contribution >= 0.6 is 34.7 Å². The van der Waals surface area contributed by atoms with Crippen molar-refractivity contribution in [3.05, 3.63) is 34.7 Å². The number of benzene rings is 1. The van der Waals surface area contributed by atoms with Crippen LogP contribution in [0.3, 0.4) is 0 Å². The van der Waals surface area contributed by atoms with Gasteiger partial charge in [0.1, 0.15) is 5.25 Å². The van der Waals surface area contributed by atoms with Crippen molar-refractivity contribution in [1.82, 2.24) is 4.98 Å². The Morgan fingerprint density at radius 1 is 1.42 bits per heavy atom. The summed E-state index contributed by atoms with van der Waals surface area (Å²) in [5.74, 6) is -0.242. The van der Waals surface area contributed by atoms with E-state index in [1.54, 1.807) is 6.92 Å². The monoisotopic (exact) mass is 313 g/mol. The van der Waals surface area contributed by atoms with E-state index in [0.29, 0.717) is 5.02 Å². The molecule has 0 saturated carbocycles. The van der Waals surface area contributed by atoms with Gasteiger partial charge < -0.3 is 4.74 Å². The van der Waals surface area contributed by atoms with Crippen molar-refractivity contribution < 1.29 is 9.53 Å². The van der Waals surface area contributed by atoms with E-state index in [1.165, 1.54) is 30.2 Å². The molecule has 0 fully saturated rings. The van der Waals surface area contributed by atoms with E-state index in [-0.39, 0.29) is 11.2 Å². The molecule has 6 heteroatoms. The molecule has 0 bridgehead atoms. The van der Waals surface area contributed by atoms with Gasteiger partial charge in [-0.15, -0.1) is 11.3 Å². The molecule has 1 aromatic heterocycles. The van der Waals surface area contributed by atoms with Gasteiger partial charge in [0.15, 0.2) is 4.34 Å². The van der Waals surface area contributed by atoms with Crippen LogP contribution < -0.4 is 0 Å². The van der Waals surface area contributed by atoms with E-state index in [2.05, 4.69) is 4.98 Å². The van der Waals surface area contributed by atoms with E-state index in [1.807, 2.05) is 29.6 Å². The molecule has 0 unspecified atom stereocenters. The predicted molar refractivity (Wildman–Crippen MR) is 79.9 cm³/mol. The molecule has 19 heavy (non-hydrogen) atoms. The van der Waals surface area contributed by atoms with Gasteiger partial charge in [0.05, 0.1) is 12.8 Å². The summed E-state index contributed by atoms with van der Waals surface area (Å²) in [7, 11) is 1.39. The molecule has 2 aromatic rings. The number of hydrogen-bond acceptors (Lipinski definition) is 5. The van der Waals surface area contributed by atoms with Crippen LogP contribution in [0.25, 0.3) is 11.3 Å². The third-order valence-corrected chi connectivity index (χ3v) is 4.74. The quantitative estimate of drug-likeness (QED) is 0.629. The number of ether oxygens (including phenoxy) is 1. The number of methoxy groups -OCH3 is 1. The lowest BCUT2D eigenvalue weighted by atomic mass is 10.2. The summed E-state index contributed by atoms with van der Waals surface area (Å²) in [6.45, 7) is 1.81. The van der Waals surface area contributed by atoms with Gasteiger partial charge >= 0.3 is 5.97 Å². The summed E-state index contributed by atoms with van der Waals surface area (Å²) in [6, 6.07) is 7.52. The van der Waals surface area contributed by atoms with Crippen molar-refractivity contribution in [1.29, 1.82) is 0 Å². The Hall–Kier alpha value is -1.04. The van der Waals surface area contributed by atoms with Crippen LogP contribution in [-0.4, -0.2) is 23.3 Å². The molecule has 0 aliphatic heterocycles. The van der Waals surface area contributed by atoms with Crippen LogP contribution in [0.2, 0.25) is 5.02 Å². The number of aromatic nitrogens is 1. The molecule has 0 aliphatic rings. The Kier molecular flexibility index (Phi) is 4.85. The van der Waals surface area contributed by atoms with Gasteiger partial charge in [-0.05, 0) is 19.1 Å². The molecule has 0 amide bonds. The summed E-state index contributed by atoms with van der Waals surface area (Å²) < 4.78 is 5.54. The van der Waals surface area contributed by atoms with E-state index < -0.39 is 0 Å². The Labute approximate surface area is 125 Å². The highest BCUT2D eigenvalue weighted by atomic mass is 35.5. The van der Waals surface area contributed by atoms with E-state index in [9.17, 15) is 4.79 Å². The average molecular weight is 314 g/mol. The molecule has 1 heterocycles. The summed E-state index contributed by atoms with van der Waals surface area (Å²) in [5, 5.41) is 2.41. The van der Waals surface area contributed by atoms with E-state index >= 15 is 0 Å². The number of halogens is 1. The second-order valence-corrected chi connectivity index (χ2v) is 6.67. The fourth-order valence-corrected chi connectivity index (χ4v) is 3.55. The summed E-state index contributed by atoms with van der Waals surface area (Å²) in [6.07, 6.45) is 0. The number of rotatable bonds is 4. The van der Waals surface area contributed by atoms with Crippen LogP contribution in [0.1, 0.15) is 6.92 Å². The van der Waals surface area contributed by atoms with Crippen LogP contribution in [0.4, 0.5) is 0 Å². The van der Waals surface area contributed by atoms with Gasteiger partial charge in [-0.3, -0.25) is 4.79 Å². The van der Waals surface area contributed by atoms with Gasteiger partial charge in [0.25, 0.3) is 0 Å². The maximum Gasteiger partial charge on any atom is 0.318 e. The lowest BCUT2D eigenvalue weighted by molar-refractivity contribution is -0.139. The normalized spacial score (nSPS) is 12.2. The minimum Gasteiger partial charge on any atom is -0.468 e. The molecule has 0 saturated heterocycles. The maximum atomic E-state index is 11.3. The highest BCUT2D eigenvalue weighted by molar-refractivity contribution is 8.02. The lowest BCUT2D eigenvalue weighted by Gasteiger charge is -2.05. The van der Waals surface area contributed by atoms with E-state index in [4.69, 9.17) is 16.3 Å². The topological polar surface area (TPSA) is 39.2 Å². The summed E-state index contributed by atoms with van der Waals surface area (Å²) in [5.41, 5.74) is 1.90. The first-order chi connectivity index (χ1) is 9.10. The van der Waals surface area contributed by atoms with Gasteiger partial charge in [-0.1, -0.05) is 35.5 Å². The van der Waals surface area contributed by atoms with Crippen molar-refractivity contribution >= 4 is 40.7 Å². The highest BCUT2D eigenvalue weighted by Crippen LogP contribution is 2.31. The molecular weight excluding hydrogens is 302 g/mol. The van der Waals surface area contributed by atoms with Gasteiger partial charge in [0, 0.05) is 16.0 Å². The molecule has 1 aromatic carbocycles. The number of hydrogen-bond donors (Lipinski definition) is 0. The minimum atomic E-state index is -0.255. The lowest BCUT2D eigenvalue weighted by Crippen LogP contribution is -2.14. The first-order valence-electron chi connectivity index (χ1n) is 5.56. The Bertz CT molecular complexity index is 568. The largest absolute Gasteiger partial charge is 0.468 e. The molecule has 0 spiro atoms. The molecule has 0 radical (unpaired) electrons. The molecule has 100 valence electrons. The van der Waals surface area contributed by atoms with Crippen molar-refractivity contribution in [2.24, 2.45) is 0 Å². The number of esters is 1. The van der Waals surface area contributed by atoms with Crippen molar-refractivity contribution in [2.45, 2.75) is 16.5 Å². The third kappa shape index (κ3) is 3.72. The molecule has 1 atom stereocenters. The second kappa shape index (κ2) is 6.41. The molecule has 0 N–H and O–H groups in total. The number of thioether (sulfide) groups is 1. The molecule has 3 nitrogen and oxygen atoms in total. The van der Waals surface area contributed by atoms with Crippen molar-refractivity contribution in [2.75, 3.05) is 7.11 Å². The zero-order valence-corrected chi connectivity index (χ0v) is 12.8. The average Bonchev–Trinajstić information content (AvgIpc) is 2.87. The van der Waals surface area contributed by atoms with Gasteiger partial charge in [-0.2, -0.15) is 0 Å². The Morgan fingerprint density at radius 3 is 2.74 bits per heavy atom. The third-order valence-electron chi connectivity index (χ3n) is 2.43. The second-order valence-electron chi connectivity index (χ2n) is 3.79. The van der Waals surface area contributed by atoms with Gasteiger partial charge in [0.2, 0.25) is 0 Å². The maximum absolute atomic E-state index is 11.3. The minimum absolute atomic E-state index is 0.242. The van der Waals surface area contributed by atoms with Crippen molar-refractivity contribution in [3.63, 3.8) is 0 Å². The Morgan fingerprint density at radius 2 is 2.11 bits per heavy atom. The van der Waals surface area contributed by atoms with Crippen LogP contribution in [0, 0.1) is 0 Å². The fourth-order valence-electron chi connectivity index (χ4n) is 1.43. The van der Waals surface area contributed by atoms with Crippen LogP contribution in [0.5, 0.6) is 0 Å². The summed E-state index contributed by atoms with van der Waals surface area (Å²) >= 11 is 8.77. The SMILES string of the molecule is COC(=O)[C@H](C)Sc1nc(-c2ccc(Cl)cc2)cs1. The smallest absolute Gasteiger partial charge is 0.318 e. The fraction of sp³-hybridized carbons (Fsp3) is 0.231. The Balaban J connectivity index is 2.11. The molecule has 0 aliphatic carbocycles. The molecule has 2 rings (SSSR count). The van der Waals surface area contributed by atoms with E-state index in [0.717, 1.165) is 15.6 Å². The first kappa shape index (κ1) is 14.4. The first-order valence-corrected chi connectivity index (χ1v) is 7.70. The standard InChI is InChI=1S/C13H12ClNO2S2/c1-8(12(16)17-2)19-13-15-11(7-18-13)9-3-5-10(14)6-4-9/h3-8H,1-2H3/t8-/m0/s1. The number of thiazole rings is 1. The number of carbonyl (C=O) groups excluding carboxylic acids is 1. The number of nitrogens with zero attached hydrogens (tertiary/aromatic N) is 1. The zero-order chi connectivity index (χ0) is 13.8. The van der Waals surface area contributed by atoms with Crippen LogP contribution in [-0.2, 0) is 9.53 Å². The van der Waals surface area contributed by atoms with Crippen molar-refractivity contribution in [3.8, 4) is 11.3 Å². The highest BCUT2D eigenvalue weighted by Gasteiger charge is 2.16. The molecular formula is C13H12ClNO2S2. The zero-order valence-electron chi connectivity index (χ0n) is 10.4. The summed E-state index contributed by atoms with van der Waals surface area (Å²) in [4.78, 5) is 15.8.